The predicted octanol–water partition coefficient (Wildman–Crippen LogP) is 4.59. The molecule has 0 spiro atoms. The summed E-state index contributed by atoms with van der Waals surface area (Å²) in [5.74, 6) is 1.86. The van der Waals surface area contributed by atoms with Gasteiger partial charge in [0.05, 0.1) is 6.04 Å². The number of allylic oxidation sites excluding steroid dienone is 2. The average molecular weight is 418 g/mol. The van der Waals surface area contributed by atoms with Crippen molar-refractivity contribution in [3.05, 3.63) is 66.0 Å². The molecule has 0 saturated carbocycles. The van der Waals surface area contributed by atoms with E-state index in [0.29, 0.717) is 18.2 Å². The summed E-state index contributed by atoms with van der Waals surface area (Å²) in [7, 11) is 3.57. The molecule has 1 atom stereocenters. The number of aromatic nitrogens is 3. The molecule has 3 aromatic rings. The van der Waals surface area contributed by atoms with E-state index in [-0.39, 0.29) is 11.9 Å². The number of amides is 1. The van der Waals surface area contributed by atoms with Crippen LogP contribution in [0.4, 0.5) is 5.95 Å². The lowest BCUT2D eigenvalue weighted by Crippen LogP contribution is -2.23. The summed E-state index contributed by atoms with van der Waals surface area (Å²) >= 11 is 0. The molecule has 1 aliphatic carbocycles. The Morgan fingerprint density at radius 1 is 1.29 bits per heavy atom. The summed E-state index contributed by atoms with van der Waals surface area (Å²) in [6.45, 7) is 2.03. The fourth-order valence-electron chi connectivity index (χ4n) is 3.59. The Labute approximate surface area is 181 Å². The van der Waals surface area contributed by atoms with Crippen LogP contribution in [0.3, 0.4) is 0 Å². The number of rotatable bonds is 7. The molecule has 1 aliphatic rings. The van der Waals surface area contributed by atoms with Crippen molar-refractivity contribution in [3.8, 4) is 11.6 Å². The number of aromatic amines is 1. The van der Waals surface area contributed by atoms with Crippen molar-refractivity contribution in [1.82, 2.24) is 19.9 Å². The zero-order valence-electron chi connectivity index (χ0n) is 18.1. The maximum Gasteiger partial charge on any atom is 0.226 e. The van der Waals surface area contributed by atoms with E-state index in [1.807, 2.05) is 31.2 Å². The third-order valence-corrected chi connectivity index (χ3v) is 5.21. The minimum Gasteiger partial charge on any atom is -0.439 e. The van der Waals surface area contributed by atoms with Gasteiger partial charge in [0.1, 0.15) is 5.75 Å². The van der Waals surface area contributed by atoms with Crippen molar-refractivity contribution in [1.29, 1.82) is 0 Å². The van der Waals surface area contributed by atoms with Crippen molar-refractivity contribution < 1.29 is 9.53 Å². The van der Waals surface area contributed by atoms with Crippen LogP contribution in [0.25, 0.3) is 10.9 Å². The van der Waals surface area contributed by atoms with Gasteiger partial charge in [-0.3, -0.25) is 4.79 Å². The van der Waals surface area contributed by atoms with E-state index in [9.17, 15) is 4.79 Å². The topological polar surface area (TPSA) is 83.1 Å². The first-order valence-corrected chi connectivity index (χ1v) is 10.4. The number of ether oxygens (including phenoxy) is 1. The van der Waals surface area contributed by atoms with Gasteiger partial charge in [-0.05, 0) is 44.0 Å². The molecule has 0 bridgehead atoms. The van der Waals surface area contributed by atoms with Crippen molar-refractivity contribution in [2.75, 3.05) is 19.4 Å². The van der Waals surface area contributed by atoms with Crippen LogP contribution in [0.5, 0.6) is 11.6 Å². The van der Waals surface area contributed by atoms with E-state index in [2.05, 4.69) is 38.5 Å². The summed E-state index contributed by atoms with van der Waals surface area (Å²) in [6.07, 6.45) is 9.95. The molecule has 2 aromatic heterocycles. The highest BCUT2D eigenvalue weighted by molar-refractivity contribution is 5.81. The van der Waals surface area contributed by atoms with Crippen LogP contribution in [-0.4, -0.2) is 45.9 Å². The van der Waals surface area contributed by atoms with Crippen LogP contribution in [0, 0.1) is 6.92 Å². The summed E-state index contributed by atoms with van der Waals surface area (Å²) < 4.78 is 5.96. The second-order valence-corrected chi connectivity index (χ2v) is 7.97. The molecule has 2 N–H and O–H groups in total. The van der Waals surface area contributed by atoms with Crippen LogP contribution in [0.15, 0.2) is 60.3 Å². The molecular formula is C24H27N5O2. The summed E-state index contributed by atoms with van der Waals surface area (Å²) in [4.78, 5) is 25.6. The zero-order chi connectivity index (χ0) is 21.8. The second-order valence-electron chi connectivity index (χ2n) is 7.97. The van der Waals surface area contributed by atoms with Gasteiger partial charge in [-0.1, -0.05) is 23.8 Å². The Kier molecular flexibility index (Phi) is 6.02. The molecule has 7 nitrogen and oxygen atoms in total. The summed E-state index contributed by atoms with van der Waals surface area (Å²) in [6, 6.07) is 9.81. The van der Waals surface area contributed by atoms with Gasteiger partial charge in [0.15, 0.2) is 0 Å². The largest absolute Gasteiger partial charge is 0.439 e. The second kappa shape index (κ2) is 9.04. The first-order chi connectivity index (χ1) is 15.0. The number of hydrogen-bond acceptors (Lipinski definition) is 5. The molecule has 2 heterocycles. The van der Waals surface area contributed by atoms with Gasteiger partial charge in [0.25, 0.3) is 0 Å². The van der Waals surface area contributed by atoms with Crippen molar-refractivity contribution in [2.24, 2.45) is 0 Å². The molecule has 1 aromatic carbocycles. The van der Waals surface area contributed by atoms with Crippen molar-refractivity contribution in [2.45, 2.75) is 32.2 Å². The van der Waals surface area contributed by atoms with E-state index in [0.717, 1.165) is 35.2 Å². The first kappa shape index (κ1) is 20.7. The van der Waals surface area contributed by atoms with E-state index in [4.69, 9.17) is 4.74 Å². The third-order valence-electron chi connectivity index (χ3n) is 5.21. The average Bonchev–Trinajstić information content (AvgIpc) is 3.12. The molecule has 160 valence electrons. The van der Waals surface area contributed by atoms with E-state index < -0.39 is 0 Å². The molecule has 0 fully saturated rings. The number of benzene rings is 1. The van der Waals surface area contributed by atoms with Gasteiger partial charge >= 0.3 is 0 Å². The van der Waals surface area contributed by atoms with E-state index in [1.54, 1.807) is 31.3 Å². The van der Waals surface area contributed by atoms with Crippen molar-refractivity contribution >= 4 is 22.8 Å². The monoisotopic (exact) mass is 417 g/mol. The molecule has 31 heavy (non-hydrogen) atoms. The molecule has 0 aliphatic heterocycles. The lowest BCUT2D eigenvalue weighted by atomic mass is 9.96. The Morgan fingerprint density at radius 3 is 3.00 bits per heavy atom. The van der Waals surface area contributed by atoms with Crippen LogP contribution in [-0.2, 0) is 4.79 Å². The maximum absolute atomic E-state index is 11.8. The Morgan fingerprint density at radius 2 is 2.16 bits per heavy atom. The number of hydrogen-bond donors (Lipinski definition) is 2. The van der Waals surface area contributed by atoms with Gasteiger partial charge in [-0.2, -0.15) is 4.98 Å². The standard InChI is InChI=1S/C24H27N5O2/c1-16-13-18-15-20(8-9-21(18)26-16)31-22-11-12-25-24(28-22)27-19-6-4-5-17(14-19)7-10-23(30)29(2)3/h4-6,8-9,11-13,15,19,26H,7,10,14H2,1-3H3,(H,25,27,28). The lowest BCUT2D eigenvalue weighted by Gasteiger charge is -2.20. The zero-order valence-corrected chi connectivity index (χ0v) is 18.1. The Hall–Kier alpha value is -3.61. The first-order valence-electron chi connectivity index (χ1n) is 10.4. The molecule has 1 amide bonds. The number of aryl methyl sites for hydroxylation is 1. The van der Waals surface area contributed by atoms with Gasteiger partial charge in [-0.15, -0.1) is 0 Å². The van der Waals surface area contributed by atoms with Crippen LogP contribution in [0.1, 0.15) is 25.0 Å². The Bertz CT molecular complexity index is 1150. The van der Waals surface area contributed by atoms with E-state index >= 15 is 0 Å². The van der Waals surface area contributed by atoms with Gasteiger partial charge < -0.3 is 19.9 Å². The van der Waals surface area contributed by atoms with Gasteiger partial charge in [-0.25, -0.2) is 4.98 Å². The predicted molar refractivity (Wildman–Crippen MR) is 122 cm³/mol. The highest BCUT2D eigenvalue weighted by Gasteiger charge is 2.15. The molecule has 7 heteroatoms. The fourth-order valence-corrected chi connectivity index (χ4v) is 3.59. The molecular weight excluding hydrogens is 390 g/mol. The van der Waals surface area contributed by atoms with Crippen molar-refractivity contribution in [3.63, 3.8) is 0 Å². The normalized spacial score (nSPS) is 15.6. The number of nitrogens with zero attached hydrogens (tertiary/aromatic N) is 3. The minimum atomic E-state index is 0.0730. The van der Waals surface area contributed by atoms with Crippen LogP contribution in [0.2, 0.25) is 0 Å². The highest BCUT2D eigenvalue weighted by atomic mass is 16.5. The quantitative estimate of drug-likeness (QED) is 0.587. The number of carbonyl (C=O) groups is 1. The van der Waals surface area contributed by atoms with Gasteiger partial charge in [0.2, 0.25) is 17.7 Å². The highest BCUT2D eigenvalue weighted by Crippen LogP contribution is 2.26. The number of H-pyrrole nitrogens is 1. The smallest absolute Gasteiger partial charge is 0.226 e. The lowest BCUT2D eigenvalue weighted by molar-refractivity contribution is -0.128. The van der Waals surface area contributed by atoms with Crippen LogP contribution < -0.4 is 10.1 Å². The molecule has 0 radical (unpaired) electrons. The summed E-state index contributed by atoms with van der Waals surface area (Å²) in [5, 5.41) is 4.45. The fraction of sp³-hybridized carbons (Fsp3) is 0.292. The SMILES string of the molecule is Cc1cc2cc(Oc3ccnc(NC4C=CC=C(CCC(=O)N(C)C)C4)n3)ccc2[nH]1. The van der Waals surface area contributed by atoms with E-state index in [1.165, 1.54) is 5.57 Å². The molecule has 0 saturated heterocycles. The molecule has 1 unspecified atom stereocenters. The third kappa shape index (κ3) is 5.31. The van der Waals surface area contributed by atoms with Crippen LogP contribution >= 0.6 is 0 Å². The Balaban J connectivity index is 1.37. The number of carbonyl (C=O) groups excluding carboxylic acids is 1. The summed E-state index contributed by atoms with van der Waals surface area (Å²) in [5.41, 5.74) is 3.42. The maximum atomic E-state index is 11.8. The number of nitrogens with one attached hydrogen (secondary N) is 2. The number of fused-ring (bicyclic) bond motifs is 1. The van der Waals surface area contributed by atoms with Gasteiger partial charge in [0, 0.05) is 49.4 Å². The minimum absolute atomic E-state index is 0.0730. The molecule has 4 rings (SSSR count). The number of anilines is 1.